The van der Waals surface area contributed by atoms with Gasteiger partial charge in [-0.2, -0.15) is 0 Å². The summed E-state index contributed by atoms with van der Waals surface area (Å²) in [6.45, 7) is 5.38. The molecular formula is C20H26N4O2S. The van der Waals surface area contributed by atoms with Crippen LogP contribution in [0.15, 0.2) is 29.4 Å². The lowest BCUT2D eigenvalue weighted by molar-refractivity contribution is -0.115. The number of aryl methyl sites for hydroxylation is 1. The molecule has 2 aromatic rings. The van der Waals surface area contributed by atoms with E-state index in [9.17, 15) is 9.59 Å². The van der Waals surface area contributed by atoms with Crippen molar-refractivity contribution in [3.05, 3.63) is 35.7 Å². The van der Waals surface area contributed by atoms with E-state index >= 15 is 0 Å². The Morgan fingerprint density at radius 3 is 2.44 bits per heavy atom. The monoisotopic (exact) mass is 386 g/mol. The van der Waals surface area contributed by atoms with Crippen LogP contribution in [0, 0.1) is 6.92 Å². The summed E-state index contributed by atoms with van der Waals surface area (Å²) in [5.41, 5.74) is 1.31. The van der Waals surface area contributed by atoms with Crippen LogP contribution in [0.3, 0.4) is 0 Å². The SMILES string of the molecule is CC(=O)c1ccc(NC(=O)C(C)Sc2nnc(C)n2C2CCCCC2)cc1. The molecule has 27 heavy (non-hydrogen) atoms. The number of thioether (sulfide) groups is 1. The third kappa shape index (κ3) is 4.77. The van der Waals surface area contributed by atoms with Gasteiger partial charge in [-0.15, -0.1) is 10.2 Å². The molecule has 7 heteroatoms. The van der Waals surface area contributed by atoms with Gasteiger partial charge in [0.2, 0.25) is 5.91 Å². The maximum absolute atomic E-state index is 12.6. The van der Waals surface area contributed by atoms with E-state index in [1.165, 1.54) is 37.9 Å². The largest absolute Gasteiger partial charge is 0.325 e. The zero-order valence-electron chi connectivity index (χ0n) is 16.1. The summed E-state index contributed by atoms with van der Waals surface area (Å²) in [5, 5.41) is 12.0. The summed E-state index contributed by atoms with van der Waals surface area (Å²) in [6.07, 6.45) is 6.06. The van der Waals surface area contributed by atoms with Gasteiger partial charge < -0.3 is 9.88 Å². The van der Waals surface area contributed by atoms with E-state index in [0.29, 0.717) is 17.3 Å². The van der Waals surface area contributed by atoms with Gasteiger partial charge in [0.15, 0.2) is 10.9 Å². The fourth-order valence-electron chi connectivity index (χ4n) is 3.43. The first-order valence-corrected chi connectivity index (χ1v) is 10.3. The van der Waals surface area contributed by atoms with E-state index in [2.05, 4.69) is 20.1 Å². The number of amides is 1. The van der Waals surface area contributed by atoms with Crippen LogP contribution in [0.25, 0.3) is 0 Å². The lowest BCUT2D eigenvalue weighted by Crippen LogP contribution is -2.23. The second-order valence-corrected chi connectivity index (χ2v) is 8.38. The van der Waals surface area contributed by atoms with Gasteiger partial charge in [-0.1, -0.05) is 31.0 Å². The molecule has 1 aromatic carbocycles. The van der Waals surface area contributed by atoms with Crippen LogP contribution in [0.2, 0.25) is 0 Å². The number of hydrogen-bond acceptors (Lipinski definition) is 5. The van der Waals surface area contributed by atoms with E-state index in [0.717, 1.165) is 23.8 Å². The van der Waals surface area contributed by atoms with Crippen molar-refractivity contribution in [1.82, 2.24) is 14.8 Å². The summed E-state index contributed by atoms with van der Waals surface area (Å²) in [7, 11) is 0. The zero-order valence-corrected chi connectivity index (χ0v) is 16.9. The molecule has 6 nitrogen and oxygen atoms in total. The van der Waals surface area contributed by atoms with E-state index in [1.54, 1.807) is 24.3 Å². The first-order chi connectivity index (χ1) is 13.0. The number of nitrogens with one attached hydrogen (secondary N) is 1. The molecule has 0 spiro atoms. The molecule has 1 heterocycles. The number of carbonyl (C=O) groups is 2. The lowest BCUT2D eigenvalue weighted by Gasteiger charge is -2.25. The second kappa shape index (κ2) is 8.69. The molecule has 1 unspecified atom stereocenters. The number of Topliss-reactive ketones (excluding diaryl/α,β-unsaturated/α-hetero) is 1. The van der Waals surface area contributed by atoms with Crippen LogP contribution in [0.1, 0.15) is 68.2 Å². The van der Waals surface area contributed by atoms with Crippen molar-refractivity contribution < 1.29 is 9.59 Å². The fraction of sp³-hybridized carbons (Fsp3) is 0.500. The molecule has 1 N–H and O–H groups in total. The van der Waals surface area contributed by atoms with Crippen LogP contribution < -0.4 is 5.32 Å². The summed E-state index contributed by atoms with van der Waals surface area (Å²) in [4.78, 5) is 23.9. The van der Waals surface area contributed by atoms with Crippen LogP contribution in [0.5, 0.6) is 0 Å². The number of benzene rings is 1. The molecule has 1 aliphatic carbocycles. The van der Waals surface area contributed by atoms with E-state index in [1.807, 2.05) is 13.8 Å². The Balaban J connectivity index is 1.65. The molecule has 1 aliphatic rings. The second-order valence-electron chi connectivity index (χ2n) is 7.07. The topological polar surface area (TPSA) is 76.9 Å². The van der Waals surface area contributed by atoms with Gasteiger partial charge in [-0.25, -0.2) is 0 Å². The van der Waals surface area contributed by atoms with Crippen molar-refractivity contribution in [2.45, 2.75) is 69.3 Å². The minimum Gasteiger partial charge on any atom is -0.325 e. The first kappa shape index (κ1) is 19.6. The maximum atomic E-state index is 12.6. The molecule has 0 radical (unpaired) electrons. The molecular weight excluding hydrogens is 360 g/mol. The van der Waals surface area contributed by atoms with Crippen LogP contribution in [0.4, 0.5) is 5.69 Å². The van der Waals surface area contributed by atoms with Crippen LogP contribution in [-0.4, -0.2) is 31.7 Å². The first-order valence-electron chi connectivity index (χ1n) is 9.45. The highest BCUT2D eigenvalue weighted by molar-refractivity contribution is 8.00. The van der Waals surface area contributed by atoms with Gasteiger partial charge in [-0.05, 0) is 57.9 Å². The Labute approximate surface area is 164 Å². The third-order valence-corrected chi connectivity index (χ3v) is 6.04. The molecule has 1 fully saturated rings. The van der Waals surface area contributed by atoms with Gasteiger partial charge in [0.25, 0.3) is 0 Å². The summed E-state index contributed by atoms with van der Waals surface area (Å²) in [6, 6.07) is 7.38. The Morgan fingerprint density at radius 1 is 1.15 bits per heavy atom. The van der Waals surface area contributed by atoms with Crippen molar-refractivity contribution in [3.63, 3.8) is 0 Å². The van der Waals surface area contributed by atoms with Crippen molar-refractivity contribution in [2.24, 2.45) is 0 Å². The zero-order chi connectivity index (χ0) is 19.4. The standard InChI is InChI=1S/C20H26N4O2S/c1-13(25)16-9-11-17(12-10-16)21-19(26)14(2)27-20-23-22-15(3)24(20)18-7-5-4-6-8-18/h9-12,14,18H,4-8H2,1-3H3,(H,21,26). The van der Waals surface area contributed by atoms with Gasteiger partial charge in [0.05, 0.1) is 5.25 Å². The fourth-order valence-corrected chi connectivity index (χ4v) is 4.40. The number of carbonyl (C=O) groups excluding carboxylic acids is 2. The van der Waals surface area contributed by atoms with Crippen molar-refractivity contribution in [2.75, 3.05) is 5.32 Å². The highest BCUT2D eigenvalue weighted by Crippen LogP contribution is 2.33. The number of aromatic nitrogens is 3. The predicted octanol–water partition coefficient (Wildman–Crippen LogP) is 4.41. The third-order valence-electron chi connectivity index (χ3n) is 4.99. The lowest BCUT2D eigenvalue weighted by atomic mass is 9.95. The van der Waals surface area contributed by atoms with E-state index in [-0.39, 0.29) is 16.9 Å². The smallest absolute Gasteiger partial charge is 0.237 e. The number of ketones is 1. The predicted molar refractivity (Wildman–Crippen MR) is 107 cm³/mol. The van der Waals surface area contributed by atoms with Gasteiger partial charge in [0.1, 0.15) is 5.82 Å². The van der Waals surface area contributed by atoms with Gasteiger partial charge >= 0.3 is 0 Å². The number of hydrogen-bond donors (Lipinski definition) is 1. The summed E-state index contributed by atoms with van der Waals surface area (Å²) >= 11 is 1.44. The Kier molecular flexibility index (Phi) is 6.31. The Bertz CT molecular complexity index is 810. The van der Waals surface area contributed by atoms with Crippen molar-refractivity contribution in [1.29, 1.82) is 0 Å². The highest BCUT2D eigenvalue weighted by Gasteiger charge is 2.24. The molecule has 1 amide bonds. The average molecular weight is 387 g/mol. The van der Waals surface area contributed by atoms with Gasteiger partial charge in [0, 0.05) is 17.3 Å². The molecule has 3 rings (SSSR count). The maximum Gasteiger partial charge on any atom is 0.237 e. The molecule has 0 aliphatic heterocycles. The van der Waals surface area contributed by atoms with Crippen LogP contribution in [-0.2, 0) is 4.79 Å². The van der Waals surface area contributed by atoms with E-state index in [4.69, 9.17) is 0 Å². The molecule has 0 saturated heterocycles. The molecule has 1 atom stereocenters. The molecule has 1 saturated carbocycles. The Hall–Kier alpha value is -2.15. The van der Waals surface area contributed by atoms with E-state index < -0.39 is 0 Å². The minimum atomic E-state index is -0.302. The minimum absolute atomic E-state index is 0.00854. The number of rotatable bonds is 6. The molecule has 0 bridgehead atoms. The quantitative estimate of drug-likeness (QED) is 0.588. The van der Waals surface area contributed by atoms with Crippen molar-refractivity contribution >= 4 is 29.1 Å². The van der Waals surface area contributed by atoms with Gasteiger partial charge in [-0.3, -0.25) is 9.59 Å². The normalized spacial score (nSPS) is 16.1. The Morgan fingerprint density at radius 2 is 1.81 bits per heavy atom. The number of nitrogens with zero attached hydrogens (tertiary/aromatic N) is 3. The highest BCUT2D eigenvalue weighted by atomic mass is 32.2. The van der Waals surface area contributed by atoms with Crippen molar-refractivity contribution in [3.8, 4) is 0 Å². The summed E-state index contributed by atoms with van der Waals surface area (Å²) < 4.78 is 2.20. The summed E-state index contributed by atoms with van der Waals surface area (Å²) in [5.74, 6) is 0.831. The van der Waals surface area contributed by atoms with Crippen LogP contribution >= 0.6 is 11.8 Å². The average Bonchev–Trinajstić information content (AvgIpc) is 3.03. The number of anilines is 1. The molecule has 1 aromatic heterocycles. The molecule has 144 valence electrons.